The highest BCUT2D eigenvalue weighted by atomic mass is 16.5. The van der Waals surface area contributed by atoms with E-state index in [2.05, 4.69) is 13.8 Å². The molecule has 2 aliphatic rings. The van der Waals surface area contributed by atoms with Crippen molar-refractivity contribution in [3.63, 3.8) is 0 Å². The van der Waals surface area contributed by atoms with Gasteiger partial charge in [0.1, 0.15) is 0 Å². The topological polar surface area (TPSA) is 9.23 Å². The van der Waals surface area contributed by atoms with Crippen LogP contribution in [-0.4, -0.2) is 13.2 Å². The van der Waals surface area contributed by atoms with Gasteiger partial charge in [0.2, 0.25) is 0 Å². The zero-order valence-electron chi connectivity index (χ0n) is 14.6. The minimum absolute atomic E-state index is 0.870. The Bertz CT molecular complexity index is 221. The number of hydrogen-bond acceptors (Lipinski definition) is 1. The average Bonchev–Trinajstić information content (AvgIpc) is 2.51. The summed E-state index contributed by atoms with van der Waals surface area (Å²) in [7, 11) is 0. The van der Waals surface area contributed by atoms with Gasteiger partial charge in [0.25, 0.3) is 0 Å². The van der Waals surface area contributed by atoms with Gasteiger partial charge < -0.3 is 4.74 Å². The quantitative estimate of drug-likeness (QED) is 0.516. The van der Waals surface area contributed by atoms with Crippen molar-refractivity contribution in [1.29, 1.82) is 0 Å². The largest absolute Gasteiger partial charge is 0.381 e. The van der Waals surface area contributed by atoms with E-state index in [9.17, 15) is 0 Å². The molecular formula is C20H38O. The van der Waals surface area contributed by atoms with Crippen LogP contribution in [0, 0.1) is 23.7 Å². The van der Waals surface area contributed by atoms with Gasteiger partial charge in [0, 0.05) is 13.2 Å². The molecule has 0 aromatic rings. The first kappa shape index (κ1) is 17.3. The summed E-state index contributed by atoms with van der Waals surface area (Å²) in [6.45, 7) is 6.75. The Kier molecular flexibility index (Phi) is 8.14. The highest BCUT2D eigenvalue weighted by Gasteiger charge is 2.23. The van der Waals surface area contributed by atoms with E-state index in [-0.39, 0.29) is 0 Å². The highest BCUT2D eigenvalue weighted by molar-refractivity contribution is 4.74. The lowest BCUT2D eigenvalue weighted by Gasteiger charge is -2.30. The van der Waals surface area contributed by atoms with Gasteiger partial charge in [-0.3, -0.25) is 0 Å². The molecule has 0 spiro atoms. The molecule has 0 heterocycles. The lowest BCUT2D eigenvalue weighted by molar-refractivity contribution is 0.0408. The van der Waals surface area contributed by atoms with Crippen LogP contribution in [0.15, 0.2) is 0 Å². The lowest BCUT2D eigenvalue weighted by atomic mass is 9.80. The Morgan fingerprint density at radius 3 is 1.24 bits per heavy atom. The van der Waals surface area contributed by atoms with Crippen LogP contribution in [0.25, 0.3) is 0 Å². The van der Waals surface area contributed by atoms with Crippen molar-refractivity contribution in [2.24, 2.45) is 23.7 Å². The van der Waals surface area contributed by atoms with Crippen LogP contribution < -0.4 is 0 Å². The molecule has 0 aromatic carbocycles. The fourth-order valence-electron chi connectivity index (χ4n) is 4.59. The van der Waals surface area contributed by atoms with Crippen LogP contribution in [-0.2, 0) is 4.74 Å². The third kappa shape index (κ3) is 6.30. The van der Waals surface area contributed by atoms with E-state index in [1.54, 1.807) is 0 Å². The summed E-state index contributed by atoms with van der Waals surface area (Å²) in [4.78, 5) is 0. The molecule has 2 rings (SSSR count). The Morgan fingerprint density at radius 2 is 0.905 bits per heavy atom. The van der Waals surface area contributed by atoms with Crippen LogP contribution in [0.4, 0.5) is 0 Å². The second kappa shape index (κ2) is 9.87. The van der Waals surface area contributed by atoms with Crippen LogP contribution in [0.1, 0.15) is 90.9 Å². The molecule has 2 fully saturated rings. The van der Waals surface area contributed by atoms with E-state index in [1.165, 1.54) is 77.0 Å². The fraction of sp³-hybridized carbons (Fsp3) is 1.00. The normalized spacial score (nSPS) is 34.0. The molecule has 124 valence electrons. The van der Waals surface area contributed by atoms with Crippen molar-refractivity contribution in [2.75, 3.05) is 13.2 Å². The summed E-state index contributed by atoms with van der Waals surface area (Å²) >= 11 is 0. The minimum atomic E-state index is 0.870. The molecule has 0 atom stereocenters. The average molecular weight is 295 g/mol. The van der Waals surface area contributed by atoms with Crippen LogP contribution in [0.5, 0.6) is 0 Å². The molecular weight excluding hydrogens is 256 g/mol. The van der Waals surface area contributed by atoms with Crippen LogP contribution in [0.2, 0.25) is 0 Å². The zero-order chi connectivity index (χ0) is 14.9. The van der Waals surface area contributed by atoms with Gasteiger partial charge in [-0.05, 0) is 49.4 Å². The van der Waals surface area contributed by atoms with Crippen molar-refractivity contribution in [1.82, 2.24) is 0 Å². The van der Waals surface area contributed by atoms with Gasteiger partial charge in [-0.25, -0.2) is 0 Å². The second-order valence-electron chi connectivity index (χ2n) is 7.89. The zero-order valence-corrected chi connectivity index (χ0v) is 14.6. The van der Waals surface area contributed by atoms with Gasteiger partial charge in [0.15, 0.2) is 0 Å². The number of ether oxygens (including phenoxy) is 1. The summed E-state index contributed by atoms with van der Waals surface area (Å²) in [6.07, 6.45) is 17.2. The van der Waals surface area contributed by atoms with E-state index in [4.69, 9.17) is 4.74 Å². The fourth-order valence-corrected chi connectivity index (χ4v) is 4.59. The molecule has 0 aromatic heterocycles. The molecule has 2 aliphatic carbocycles. The van der Waals surface area contributed by atoms with Crippen molar-refractivity contribution in [2.45, 2.75) is 90.9 Å². The van der Waals surface area contributed by atoms with E-state index in [0.29, 0.717) is 0 Å². The highest BCUT2D eigenvalue weighted by Crippen LogP contribution is 2.33. The molecule has 1 heteroatoms. The third-order valence-corrected chi connectivity index (χ3v) is 6.03. The molecule has 0 amide bonds. The SMILES string of the molecule is CCC[C@H]1CC[C@H](COC[C@H]2CC[C@H](CCC)CC2)CC1. The first-order valence-corrected chi connectivity index (χ1v) is 9.89. The summed E-state index contributed by atoms with van der Waals surface area (Å²) in [5.41, 5.74) is 0. The van der Waals surface area contributed by atoms with Gasteiger partial charge in [-0.15, -0.1) is 0 Å². The van der Waals surface area contributed by atoms with Gasteiger partial charge in [0.05, 0.1) is 0 Å². The second-order valence-corrected chi connectivity index (χ2v) is 7.89. The van der Waals surface area contributed by atoms with Crippen molar-refractivity contribution in [3.8, 4) is 0 Å². The summed E-state index contributed by atoms with van der Waals surface area (Å²) in [6, 6.07) is 0. The minimum Gasteiger partial charge on any atom is -0.381 e. The van der Waals surface area contributed by atoms with E-state index < -0.39 is 0 Å². The molecule has 0 aliphatic heterocycles. The predicted molar refractivity (Wildman–Crippen MR) is 91.5 cm³/mol. The molecule has 0 radical (unpaired) electrons. The van der Waals surface area contributed by atoms with Gasteiger partial charge >= 0.3 is 0 Å². The molecule has 0 bridgehead atoms. The van der Waals surface area contributed by atoms with E-state index >= 15 is 0 Å². The number of hydrogen-bond donors (Lipinski definition) is 0. The Hall–Kier alpha value is -0.0400. The molecule has 2 saturated carbocycles. The Labute approximate surface area is 133 Å². The first-order chi connectivity index (χ1) is 10.3. The monoisotopic (exact) mass is 294 g/mol. The van der Waals surface area contributed by atoms with Crippen molar-refractivity contribution >= 4 is 0 Å². The lowest BCUT2D eigenvalue weighted by Crippen LogP contribution is -2.22. The van der Waals surface area contributed by atoms with E-state index in [1.807, 2.05) is 0 Å². The molecule has 0 unspecified atom stereocenters. The molecule has 0 saturated heterocycles. The van der Waals surface area contributed by atoms with Crippen LogP contribution >= 0.6 is 0 Å². The van der Waals surface area contributed by atoms with E-state index in [0.717, 1.165) is 36.9 Å². The molecule has 1 nitrogen and oxygen atoms in total. The smallest absolute Gasteiger partial charge is 0.0494 e. The van der Waals surface area contributed by atoms with Gasteiger partial charge in [-0.2, -0.15) is 0 Å². The maximum Gasteiger partial charge on any atom is 0.0494 e. The Balaban J connectivity index is 1.51. The number of rotatable bonds is 8. The van der Waals surface area contributed by atoms with Crippen molar-refractivity contribution in [3.05, 3.63) is 0 Å². The third-order valence-electron chi connectivity index (χ3n) is 6.03. The molecule has 21 heavy (non-hydrogen) atoms. The van der Waals surface area contributed by atoms with Crippen molar-refractivity contribution < 1.29 is 4.74 Å². The summed E-state index contributed by atoms with van der Waals surface area (Å²) in [5, 5.41) is 0. The standard InChI is InChI=1S/C20H38O/c1-3-5-17-7-11-19(12-8-17)15-21-16-20-13-9-18(6-4-2)10-14-20/h17-20H,3-16H2,1-2H3/t17-,18-,19-,20-. The van der Waals surface area contributed by atoms with Gasteiger partial charge in [-0.1, -0.05) is 65.2 Å². The first-order valence-electron chi connectivity index (χ1n) is 9.89. The predicted octanol–water partition coefficient (Wildman–Crippen LogP) is 6.22. The maximum atomic E-state index is 6.10. The maximum absolute atomic E-state index is 6.10. The summed E-state index contributed by atoms with van der Waals surface area (Å²) < 4.78 is 6.10. The molecule has 0 N–H and O–H groups in total. The van der Waals surface area contributed by atoms with Crippen LogP contribution in [0.3, 0.4) is 0 Å². The Morgan fingerprint density at radius 1 is 0.571 bits per heavy atom. The summed E-state index contributed by atoms with van der Waals surface area (Å²) in [5.74, 6) is 3.80.